The first-order valence-electron chi connectivity index (χ1n) is 7.63. The van der Waals surface area contributed by atoms with Crippen molar-refractivity contribution in [2.24, 2.45) is 5.92 Å². The Bertz CT molecular complexity index is 450. The minimum Gasteiger partial charge on any atom is -0.465 e. The molecule has 110 valence electrons. The molecule has 0 radical (unpaired) electrons. The van der Waals surface area contributed by atoms with Crippen LogP contribution in [0.3, 0.4) is 0 Å². The van der Waals surface area contributed by atoms with Crippen LogP contribution in [0.4, 0.5) is 5.69 Å². The standard InChI is InChI=1S/C17H25NO2/c1-13-12-15(17(19)20-2)8-9-16(13)18-11-10-14-6-4-3-5-7-14/h8-9,12,14,18H,3-7,10-11H2,1-2H3. The fraction of sp³-hybridized carbons (Fsp3) is 0.588. The van der Waals surface area contributed by atoms with Gasteiger partial charge in [-0.3, -0.25) is 0 Å². The van der Waals surface area contributed by atoms with Crippen molar-refractivity contribution in [2.45, 2.75) is 45.4 Å². The van der Waals surface area contributed by atoms with E-state index in [9.17, 15) is 4.79 Å². The third kappa shape index (κ3) is 3.99. The number of carbonyl (C=O) groups excluding carboxylic acids is 1. The van der Waals surface area contributed by atoms with Crippen LogP contribution < -0.4 is 5.32 Å². The molecule has 1 fully saturated rings. The molecule has 0 heterocycles. The molecule has 0 atom stereocenters. The first-order valence-corrected chi connectivity index (χ1v) is 7.63. The number of anilines is 1. The lowest BCUT2D eigenvalue weighted by molar-refractivity contribution is 0.0600. The lowest BCUT2D eigenvalue weighted by Crippen LogP contribution is -2.12. The van der Waals surface area contributed by atoms with Crippen molar-refractivity contribution >= 4 is 11.7 Å². The summed E-state index contributed by atoms with van der Waals surface area (Å²) in [5, 5.41) is 3.49. The molecule has 0 bridgehead atoms. The van der Waals surface area contributed by atoms with Crippen LogP contribution >= 0.6 is 0 Å². The summed E-state index contributed by atoms with van der Waals surface area (Å²) in [6.07, 6.45) is 8.25. The summed E-state index contributed by atoms with van der Waals surface area (Å²) in [6.45, 7) is 3.04. The van der Waals surface area contributed by atoms with Crippen molar-refractivity contribution in [1.82, 2.24) is 0 Å². The quantitative estimate of drug-likeness (QED) is 0.820. The molecule has 1 N–H and O–H groups in total. The Labute approximate surface area is 121 Å². The van der Waals surface area contributed by atoms with Crippen molar-refractivity contribution in [2.75, 3.05) is 19.0 Å². The number of benzene rings is 1. The minimum atomic E-state index is -0.276. The van der Waals surface area contributed by atoms with Crippen LogP contribution in [-0.2, 0) is 4.74 Å². The second-order valence-corrected chi connectivity index (χ2v) is 5.74. The summed E-state index contributed by atoms with van der Waals surface area (Å²) in [5.41, 5.74) is 2.83. The number of hydrogen-bond acceptors (Lipinski definition) is 3. The third-order valence-electron chi connectivity index (χ3n) is 4.24. The molecule has 0 spiro atoms. The number of carbonyl (C=O) groups is 1. The number of aryl methyl sites for hydroxylation is 1. The maximum atomic E-state index is 11.5. The molecule has 20 heavy (non-hydrogen) atoms. The SMILES string of the molecule is COC(=O)c1ccc(NCCC2CCCCC2)c(C)c1. The Kier molecular flexibility index (Phi) is 5.45. The molecule has 1 aliphatic carbocycles. The third-order valence-corrected chi connectivity index (χ3v) is 4.24. The van der Waals surface area contributed by atoms with Gasteiger partial charge in [-0.25, -0.2) is 4.79 Å². The van der Waals surface area contributed by atoms with Crippen molar-refractivity contribution < 1.29 is 9.53 Å². The first kappa shape index (κ1) is 14.9. The summed E-state index contributed by atoms with van der Waals surface area (Å²) < 4.78 is 4.73. The lowest BCUT2D eigenvalue weighted by atomic mass is 9.87. The van der Waals surface area contributed by atoms with Crippen LogP contribution in [0.5, 0.6) is 0 Å². The zero-order valence-corrected chi connectivity index (χ0v) is 12.6. The average molecular weight is 275 g/mol. The summed E-state index contributed by atoms with van der Waals surface area (Å²) in [4.78, 5) is 11.5. The van der Waals surface area contributed by atoms with Crippen molar-refractivity contribution in [3.05, 3.63) is 29.3 Å². The Morgan fingerprint density at radius 2 is 2.05 bits per heavy atom. The van der Waals surface area contributed by atoms with Gasteiger partial charge in [0.25, 0.3) is 0 Å². The molecule has 1 saturated carbocycles. The van der Waals surface area contributed by atoms with Crippen molar-refractivity contribution in [3.63, 3.8) is 0 Å². The van der Waals surface area contributed by atoms with E-state index < -0.39 is 0 Å². The normalized spacial score (nSPS) is 15.9. The lowest BCUT2D eigenvalue weighted by Gasteiger charge is -2.22. The number of methoxy groups -OCH3 is 1. The van der Waals surface area contributed by atoms with E-state index in [-0.39, 0.29) is 5.97 Å². The smallest absolute Gasteiger partial charge is 0.337 e. The van der Waals surface area contributed by atoms with E-state index in [1.807, 2.05) is 25.1 Å². The topological polar surface area (TPSA) is 38.3 Å². The van der Waals surface area contributed by atoms with E-state index in [0.29, 0.717) is 5.56 Å². The molecule has 0 aliphatic heterocycles. The van der Waals surface area contributed by atoms with Crippen LogP contribution in [-0.4, -0.2) is 19.6 Å². The highest BCUT2D eigenvalue weighted by atomic mass is 16.5. The zero-order valence-electron chi connectivity index (χ0n) is 12.6. The molecule has 0 amide bonds. The highest BCUT2D eigenvalue weighted by Gasteiger charge is 2.13. The monoisotopic (exact) mass is 275 g/mol. The molecule has 1 aromatic carbocycles. The zero-order chi connectivity index (χ0) is 14.4. The predicted octanol–water partition coefficient (Wildman–Crippen LogP) is 4.16. The fourth-order valence-corrected chi connectivity index (χ4v) is 2.99. The Balaban J connectivity index is 1.84. The van der Waals surface area contributed by atoms with E-state index in [0.717, 1.165) is 23.7 Å². The molecular formula is C17H25NO2. The Morgan fingerprint density at radius 1 is 1.30 bits per heavy atom. The van der Waals surface area contributed by atoms with E-state index in [4.69, 9.17) is 4.74 Å². The number of esters is 1. The minimum absolute atomic E-state index is 0.276. The van der Waals surface area contributed by atoms with Crippen LogP contribution in [0, 0.1) is 12.8 Å². The van der Waals surface area contributed by atoms with Gasteiger partial charge < -0.3 is 10.1 Å². The van der Waals surface area contributed by atoms with Crippen LogP contribution in [0.1, 0.15) is 54.4 Å². The molecule has 0 unspecified atom stereocenters. The summed E-state index contributed by atoms with van der Waals surface area (Å²) in [6, 6.07) is 5.68. The summed E-state index contributed by atoms with van der Waals surface area (Å²) in [7, 11) is 1.41. The van der Waals surface area contributed by atoms with Gasteiger partial charge in [-0.15, -0.1) is 0 Å². The van der Waals surface area contributed by atoms with Gasteiger partial charge in [0.05, 0.1) is 12.7 Å². The van der Waals surface area contributed by atoms with E-state index in [1.54, 1.807) is 0 Å². The second-order valence-electron chi connectivity index (χ2n) is 5.74. The largest absolute Gasteiger partial charge is 0.465 e. The highest BCUT2D eigenvalue weighted by molar-refractivity contribution is 5.90. The maximum absolute atomic E-state index is 11.5. The number of hydrogen-bond donors (Lipinski definition) is 1. The summed E-state index contributed by atoms with van der Waals surface area (Å²) in [5.74, 6) is 0.618. The number of ether oxygens (including phenoxy) is 1. The molecule has 1 aromatic rings. The van der Waals surface area contributed by atoms with Gasteiger partial charge in [0.2, 0.25) is 0 Å². The summed E-state index contributed by atoms with van der Waals surface area (Å²) >= 11 is 0. The van der Waals surface area contributed by atoms with Gasteiger partial charge in [-0.2, -0.15) is 0 Å². The van der Waals surface area contributed by atoms with Gasteiger partial charge in [0.1, 0.15) is 0 Å². The van der Waals surface area contributed by atoms with Crippen molar-refractivity contribution in [1.29, 1.82) is 0 Å². The number of nitrogens with one attached hydrogen (secondary N) is 1. The van der Waals surface area contributed by atoms with Gasteiger partial charge in [-0.05, 0) is 43.0 Å². The van der Waals surface area contributed by atoms with Gasteiger partial charge in [0, 0.05) is 12.2 Å². The molecule has 3 heteroatoms. The predicted molar refractivity (Wildman–Crippen MR) is 82.2 cm³/mol. The van der Waals surface area contributed by atoms with Gasteiger partial charge in [0.15, 0.2) is 0 Å². The molecule has 0 saturated heterocycles. The number of rotatable bonds is 5. The Morgan fingerprint density at radius 3 is 2.70 bits per heavy atom. The first-order chi connectivity index (χ1) is 9.70. The average Bonchev–Trinajstić information content (AvgIpc) is 2.49. The van der Waals surface area contributed by atoms with E-state index in [1.165, 1.54) is 45.6 Å². The van der Waals surface area contributed by atoms with Gasteiger partial charge >= 0.3 is 5.97 Å². The molecule has 2 rings (SSSR count). The van der Waals surface area contributed by atoms with Crippen molar-refractivity contribution in [3.8, 4) is 0 Å². The second kappa shape index (κ2) is 7.32. The molecule has 3 nitrogen and oxygen atoms in total. The molecular weight excluding hydrogens is 250 g/mol. The highest BCUT2D eigenvalue weighted by Crippen LogP contribution is 2.26. The Hall–Kier alpha value is -1.51. The molecule has 0 aromatic heterocycles. The van der Waals surface area contributed by atoms with Gasteiger partial charge in [-0.1, -0.05) is 32.1 Å². The fourth-order valence-electron chi connectivity index (χ4n) is 2.99. The van der Waals surface area contributed by atoms with Crippen LogP contribution in [0.15, 0.2) is 18.2 Å². The van der Waals surface area contributed by atoms with E-state index >= 15 is 0 Å². The molecule has 1 aliphatic rings. The maximum Gasteiger partial charge on any atom is 0.337 e. The van der Waals surface area contributed by atoms with Crippen LogP contribution in [0.25, 0.3) is 0 Å². The van der Waals surface area contributed by atoms with Crippen LogP contribution in [0.2, 0.25) is 0 Å². The van der Waals surface area contributed by atoms with E-state index in [2.05, 4.69) is 5.32 Å².